The third kappa shape index (κ3) is 5.13. The lowest BCUT2D eigenvalue weighted by molar-refractivity contribution is -0.124. The molecule has 2 atom stereocenters. The lowest BCUT2D eigenvalue weighted by Crippen LogP contribution is -2.47. The SMILES string of the molecule is CCCCOc1ccc(C(C)NC(=O)C2CCCCN2)cc1OC. The van der Waals surface area contributed by atoms with E-state index in [0.29, 0.717) is 12.4 Å². The van der Waals surface area contributed by atoms with Crippen LogP contribution in [0.5, 0.6) is 11.5 Å². The van der Waals surface area contributed by atoms with Crippen LogP contribution in [0.4, 0.5) is 0 Å². The predicted molar refractivity (Wildman–Crippen MR) is 95.6 cm³/mol. The number of unbranched alkanes of at least 4 members (excludes halogenated alkanes) is 1. The third-order valence-electron chi connectivity index (χ3n) is 4.43. The van der Waals surface area contributed by atoms with E-state index in [1.54, 1.807) is 7.11 Å². The Labute approximate surface area is 145 Å². The molecular formula is C19H30N2O3. The van der Waals surface area contributed by atoms with E-state index in [1.807, 2.05) is 25.1 Å². The van der Waals surface area contributed by atoms with Gasteiger partial charge >= 0.3 is 0 Å². The van der Waals surface area contributed by atoms with Crippen molar-refractivity contribution in [3.63, 3.8) is 0 Å². The summed E-state index contributed by atoms with van der Waals surface area (Å²) in [6.45, 7) is 5.73. The smallest absolute Gasteiger partial charge is 0.237 e. The molecule has 2 rings (SSSR count). The van der Waals surface area contributed by atoms with E-state index >= 15 is 0 Å². The van der Waals surface area contributed by atoms with Crippen molar-refractivity contribution in [2.75, 3.05) is 20.3 Å². The largest absolute Gasteiger partial charge is 0.493 e. The van der Waals surface area contributed by atoms with Gasteiger partial charge in [-0.3, -0.25) is 4.79 Å². The van der Waals surface area contributed by atoms with Crippen molar-refractivity contribution < 1.29 is 14.3 Å². The molecule has 0 saturated carbocycles. The third-order valence-corrected chi connectivity index (χ3v) is 4.43. The van der Waals surface area contributed by atoms with E-state index in [9.17, 15) is 4.79 Å². The summed E-state index contributed by atoms with van der Waals surface area (Å²) in [4.78, 5) is 12.3. The van der Waals surface area contributed by atoms with Crippen molar-refractivity contribution >= 4 is 5.91 Å². The zero-order valence-electron chi connectivity index (χ0n) is 15.1. The standard InChI is InChI=1S/C19H30N2O3/c1-4-5-12-24-17-10-9-15(13-18(17)23-3)14(2)21-19(22)16-8-6-7-11-20-16/h9-10,13-14,16,20H,4-8,11-12H2,1-3H3,(H,21,22). The quantitative estimate of drug-likeness (QED) is 0.717. The van der Waals surface area contributed by atoms with E-state index in [2.05, 4.69) is 17.6 Å². The Kier molecular flexibility index (Phi) is 7.37. The van der Waals surface area contributed by atoms with Crippen molar-refractivity contribution in [2.24, 2.45) is 0 Å². The Morgan fingerprint density at radius 3 is 2.88 bits per heavy atom. The Bertz CT molecular complexity index is 527. The second kappa shape index (κ2) is 9.52. The lowest BCUT2D eigenvalue weighted by Gasteiger charge is -2.25. The number of amides is 1. The number of carbonyl (C=O) groups excluding carboxylic acids is 1. The summed E-state index contributed by atoms with van der Waals surface area (Å²) in [6, 6.07) is 5.72. The molecule has 0 radical (unpaired) electrons. The Balaban J connectivity index is 1.97. The first-order valence-electron chi connectivity index (χ1n) is 9.00. The fourth-order valence-corrected chi connectivity index (χ4v) is 2.87. The van der Waals surface area contributed by atoms with Gasteiger partial charge in [0, 0.05) is 0 Å². The first-order valence-corrected chi connectivity index (χ1v) is 9.00. The molecule has 2 N–H and O–H groups in total. The Hall–Kier alpha value is -1.75. The highest BCUT2D eigenvalue weighted by molar-refractivity contribution is 5.82. The highest BCUT2D eigenvalue weighted by Crippen LogP contribution is 2.30. The zero-order valence-corrected chi connectivity index (χ0v) is 15.1. The molecular weight excluding hydrogens is 304 g/mol. The van der Waals surface area contributed by atoms with E-state index < -0.39 is 0 Å². The Morgan fingerprint density at radius 1 is 1.38 bits per heavy atom. The number of rotatable bonds is 8. The van der Waals surface area contributed by atoms with Gasteiger partial charge in [-0.1, -0.05) is 25.8 Å². The molecule has 1 heterocycles. The number of ether oxygens (including phenoxy) is 2. The minimum absolute atomic E-state index is 0.0696. The molecule has 5 nitrogen and oxygen atoms in total. The van der Waals surface area contributed by atoms with Crippen molar-refractivity contribution in [2.45, 2.75) is 58.0 Å². The van der Waals surface area contributed by atoms with Crippen LogP contribution in [0.2, 0.25) is 0 Å². The summed E-state index contributed by atoms with van der Waals surface area (Å²) in [5.74, 6) is 1.53. The summed E-state index contributed by atoms with van der Waals surface area (Å²) in [5.41, 5.74) is 1.01. The van der Waals surface area contributed by atoms with Gasteiger partial charge in [-0.05, 0) is 50.4 Å². The average Bonchev–Trinajstić information content (AvgIpc) is 2.62. The van der Waals surface area contributed by atoms with E-state index in [4.69, 9.17) is 9.47 Å². The van der Waals surface area contributed by atoms with Crippen LogP contribution in [0.1, 0.15) is 57.6 Å². The van der Waals surface area contributed by atoms with Crippen LogP contribution in [0.15, 0.2) is 18.2 Å². The monoisotopic (exact) mass is 334 g/mol. The van der Waals surface area contributed by atoms with Gasteiger partial charge in [-0.25, -0.2) is 0 Å². The van der Waals surface area contributed by atoms with Crippen LogP contribution in [-0.2, 0) is 4.79 Å². The normalized spacial score (nSPS) is 18.7. The van der Waals surface area contributed by atoms with E-state index in [0.717, 1.165) is 50.0 Å². The maximum absolute atomic E-state index is 12.3. The summed E-state index contributed by atoms with van der Waals surface area (Å²) in [5, 5.41) is 6.37. The van der Waals surface area contributed by atoms with Crippen LogP contribution in [0, 0.1) is 0 Å². The van der Waals surface area contributed by atoms with Crippen molar-refractivity contribution in [3.05, 3.63) is 23.8 Å². The molecule has 134 valence electrons. The second-order valence-corrected chi connectivity index (χ2v) is 6.35. The van der Waals surface area contributed by atoms with Crippen molar-refractivity contribution in [1.29, 1.82) is 0 Å². The molecule has 1 aromatic carbocycles. The number of methoxy groups -OCH3 is 1. The maximum Gasteiger partial charge on any atom is 0.237 e. The second-order valence-electron chi connectivity index (χ2n) is 6.35. The molecule has 0 aliphatic carbocycles. The fourth-order valence-electron chi connectivity index (χ4n) is 2.87. The minimum Gasteiger partial charge on any atom is -0.493 e. The summed E-state index contributed by atoms with van der Waals surface area (Å²) in [7, 11) is 1.64. The number of hydrogen-bond donors (Lipinski definition) is 2. The molecule has 1 amide bonds. The van der Waals surface area contributed by atoms with Gasteiger partial charge < -0.3 is 20.1 Å². The number of benzene rings is 1. The molecule has 1 fully saturated rings. The van der Waals surface area contributed by atoms with Crippen molar-refractivity contribution in [3.8, 4) is 11.5 Å². The molecule has 5 heteroatoms. The van der Waals surface area contributed by atoms with Crippen LogP contribution < -0.4 is 20.1 Å². The highest BCUT2D eigenvalue weighted by Gasteiger charge is 2.22. The molecule has 1 aromatic rings. The zero-order chi connectivity index (χ0) is 17.4. The van der Waals surface area contributed by atoms with Gasteiger partial charge in [0.25, 0.3) is 0 Å². The topological polar surface area (TPSA) is 59.6 Å². The molecule has 1 aliphatic heterocycles. The number of nitrogens with one attached hydrogen (secondary N) is 2. The van der Waals surface area contributed by atoms with Crippen LogP contribution >= 0.6 is 0 Å². The van der Waals surface area contributed by atoms with Gasteiger partial charge in [0.05, 0.1) is 25.8 Å². The molecule has 0 spiro atoms. The van der Waals surface area contributed by atoms with Crippen LogP contribution in [0.25, 0.3) is 0 Å². The first kappa shape index (κ1) is 18.6. The minimum atomic E-state index is -0.0697. The molecule has 2 unspecified atom stereocenters. The van der Waals surface area contributed by atoms with Gasteiger partial charge in [0.15, 0.2) is 11.5 Å². The number of hydrogen-bond acceptors (Lipinski definition) is 4. The summed E-state index contributed by atoms with van der Waals surface area (Å²) < 4.78 is 11.2. The summed E-state index contributed by atoms with van der Waals surface area (Å²) in [6.07, 6.45) is 5.28. The molecule has 0 bridgehead atoms. The molecule has 1 aliphatic rings. The number of carbonyl (C=O) groups is 1. The molecule has 24 heavy (non-hydrogen) atoms. The first-order chi connectivity index (χ1) is 11.7. The van der Waals surface area contributed by atoms with Crippen molar-refractivity contribution in [1.82, 2.24) is 10.6 Å². The molecule has 0 aromatic heterocycles. The van der Waals surface area contributed by atoms with Crippen LogP contribution in [-0.4, -0.2) is 32.2 Å². The van der Waals surface area contributed by atoms with Gasteiger partial charge in [0.2, 0.25) is 5.91 Å². The average molecular weight is 334 g/mol. The Morgan fingerprint density at radius 2 is 2.21 bits per heavy atom. The van der Waals surface area contributed by atoms with Gasteiger partial charge in [0.1, 0.15) is 0 Å². The van der Waals surface area contributed by atoms with E-state index in [-0.39, 0.29) is 18.0 Å². The number of piperidine rings is 1. The highest BCUT2D eigenvalue weighted by atomic mass is 16.5. The van der Waals surface area contributed by atoms with Crippen LogP contribution in [0.3, 0.4) is 0 Å². The molecule has 1 saturated heterocycles. The van der Waals surface area contributed by atoms with Gasteiger partial charge in [-0.2, -0.15) is 0 Å². The fraction of sp³-hybridized carbons (Fsp3) is 0.632. The summed E-state index contributed by atoms with van der Waals surface area (Å²) >= 11 is 0. The maximum atomic E-state index is 12.3. The lowest BCUT2D eigenvalue weighted by atomic mass is 10.0. The predicted octanol–water partition coefficient (Wildman–Crippen LogP) is 3.19. The van der Waals surface area contributed by atoms with E-state index in [1.165, 1.54) is 0 Å². The van der Waals surface area contributed by atoms with Gasteiger partial charge in [-0.15, -0.1) is 0 Å².